The third kappa shape index (κ3) is 4.18. The lowest BCUT2D eigenvalue weighted by Gasteiger charge is -2.18. The van der Waals surface area contributed by atoms with Crippen LogP contribution in [0.5, 0.6) is 5.75 Å². The topological polar surface area (TPSA) is 55.4 Å². The first-order valence-corrected chi connectivity index (χ1v) is 7.96. The summed E-state index contributed by atoms with van der Waals surface area (Å²) in [6.07, 6.45) is -0.606. The van der Waals surface area contributed by atoms with E-state index in [9.17, 15) is 9.59 Å². The number of carbonyl (C=O) groups excluding carboxylic acids is 2. The van der Waals surface area contributed by atoms with E-state index in [-0.39, 0.29) is 17.7 Å². The fourth-order valence-corrected chi connectivity index (χ4v) is 2.70. The molecule has 2 aromatic rings. The first-order valence-electron chi connectivity index (χ1n) is 7.09. The predicted octanol–water partition coefficient (Wildman–Crippen LogP) is 3.60. The second kappa shape index (κ2) is 7.22. The lowest BCUT2D eigenvalue weighted by atomic mass is 10.1. The van der Waals surface area contributed by atoms with Crippen molar-refractivity contribution >= 4 is 23.0 Å². The van der Waals surface area contributed by atoms with Gasteiger partial charge in [-0.1, -0.05) is 6.07 Å². The average Bonchev–Trinajstić information content (AvgIpc) is 3.02. The van der Waals surface area contributed by atoms with Crippen molar-refractivity contribution in [3.63, 3.8) is 0 Å². The zero-order valence-corrected chi connectivity index (χ0v) is 13.6. The molecule has 0 bridgehead atoms. The maximum atomic E-state index is 12.1. The van der Waals surface area contributed by atoms with Gasteiger partial charge in [0, 0.05) is 10.4 Å². The molecule has 22 heavy (non-hydrogen) atoms. The Labute approximate surface area is 134 Å². The fraction of sp³-hybridized carbons (Fsp3) is 0.294. The number of hydrogen-bond acceptors (Lipinski definition) is 4. The van der Waals surface area contributed by atoms with Gasteiger partial charge >= 0.3 is 0 Å². The van der Waals surface area contributed by atoms with Crippen LogP contribution in [-0.2, 0) is 4.79 Å². The Balaban J connectivity index is 1.92. The standard InChI is InChI=1S/C17H19NO3S/c1-11(16-5-4-10-22-16)18-17(20)13(3)21-15-8-6-14(7-9-15)12(2)19/h4-11,13H,1-3H3,(H,18,20)/t11-,13-/m0/s1. The number of hydrogen-bond donors (Lipinski definition) is 1. The highest BCUT2D eigenvalue weighted by Crippen LogP contribution is 2.19. The second-order valence-electron chi connectivity index (χ2n) is 5.09. The van der Waals surface area contributed by atoms with Crippen molar-refractivity contribution in [2.45, 2.75) is 32.9 Å². The third-order valence-electron chi connectivity index (χ3n) is 3.27. The van der Waals surface area contributed by atoms with E-state index in [4.69, 9.17) is 4.74 Å². The van der Waals surface area contributed by atoms with Gasteiger partial charge in [0.1, 0.15) is 5.75 Å². The number of rotatable bonds is 6. The van der Waals surface area contributed by atoms with E-state index in [0.717, 1.165) is 4.88 Å². The van der Waals surface area contributed by atoms with Crippen molar-refractivity contribution in [3.05, 3.63) is 52.2 Å². The molecular formula is C17H19NO3S. The van der Waals surface area contributed by atoms with Crippen LogP contribution in [0.25, 0.3) is 0 Å². The van der Waals surface area contributed by atoms with E-state index in [1.54, 1.807) is 42.5 Å². The quantitative estimate of drug-likeness (QED) is 0.828. The first-order chi connectivity index (χ1) is 10.5. The molecular weight excluding hydrogens is 298 g/mol. The van der Waals surface area contributed by atoms with Gasteiger partial charge < -0.3 is 10.1 Å². The number of nitrogens with one attached hydrogen (secondary N) is 1. The van der Waals surface area contributed by atoms with Gasteiger partial charge in [-0.15, -0.1) is 11.3 Å². The van der Waals surface area contributed by atoms with Crippen molar-refractivity contribution in [2.24, 2.45) is 0 Å². The smallest absolute Gasteiger partial charge is 0.261 e. The summed E-state index contributed by atoms with van der Waals surface area (Å²) in [5, 5.41) is 4.90. The zero-order chi connectivity index (χ0) is 16.1. The van der Waals surface area contributed by atoms with Crippen LogP contribution in [0.15, 0.2) is 41.8 Å². The molecule has 1 aromatic carbocycles. The molecule has 1 aromatic heterocycles. The van der Waals surface area contributed by atoms with E-state index in [1.165, 1.54) is 6.92 Å². The highest BCUT2D eigenvalue weighted by Gasteiger charge is 2.18. The van der Waals surface area contributed by atoms with E-state index in [1.807, 2.05) is 24.4 Å². The van der Waals surface area contributed by atoms with Crippen LogP contribution in [0.2, 0.25) is 0 Å². The maximum Gasteiger partial charge on any atom is 0.261 e. The molecule has 0 saturated heterocycles. The molecule has 0 saturated carbocycles. The molecule has 5 heteroatoms. The van der Waals surface area contributed by atoms with E-state index in [0.29, 0.717) is 11.3 Å². The van der Waals surface area contributed by atoms with Crippen LogP contribution in [0.4, 0.5) is 0 Å². The lowest BCUT2D eigenvalue weighted by Crippen LogP contribution is -2.37. The van der Waals surface area contributed by atoms with Crippen LogP contribution in [0.3, 0.4) is 0 Å². The minimum absolute atomic E-state index is 0.00196. The second-order valence-corrected chi connectivity index (χ2v) is 6.07. The number of benzene rings is 1. The number of ketones is 1. The number of amides is 1. The van der Waals surface area contributed by atoms with Gasteiger partial charge in [-0.3, -0.25) is 9.59 Å². The summed E-state index contributed by atoms with van der Waals surface area (Å²) in [7, 11) is 0. The molecule has 116 valence electrons. The van der Waals surface area contributed by atoms with Crippen LogP contribution >= 0.6 is 11.3 Å². The fourth-order valence-electron chi connectivity index (χ4n) is 1.97. The average molecular weight is 317 g/mol. The highest BCUT2D eigenvalue weighted by atomic mass is 32.1. The van der Waals surface area contributed by atoms with Gasteiger partial charge in [0.05, 0.1) is 6.04 Å². The Morgan fingerprint density at radius 1 is 1.14 bits per heavy atom. The Hall–Kier alpha value is -2.14. The maximum absolute atomic E-state index is 12.1. The van der Waals surface area contributed by atoms with Gasteiger partial charge in [0.2, 0.25) is 0 Å². The highest BCUT2D eigenvalue weighted by molar-refractivity contribution is 7.10. The molecule has 0 aliphatic rings. The Morgan fingerprint density at radius 3 is 2.36 bits per heavy atom. The normalized spacial score (nSPS) is 13.2. The van der Waals surface area contributed by atoms with E-state index < -0.39 is 6.10 Å². The molecule has 1 heterocycles. The van der Waals surface area contributed by atoms with Gasteiger partial charge in [0.25, 0.3) is 5.91 Å². The molecule has 2 rings (SSSR count). The summed E-state index contributed by atoms with van der Waals surface area (Å²) >= 11 is 1.61. The summed E-state index contributed by atoms with van der Waals surface area (Å²) in [6, 6.07) is 10.7. The molecule has 0 unspecified atom stereocenters. The predicted molar refractivity (Wildman–Crippen MR) is 87.4 cm³/mol. The zero-order valence-electron chi connectivity index (χ0n) is 12.8. The van der Waals surface area contributed by atoms with Crippen molar-refractivity contribution < 1.29 is 14.3 Å². The summed E-state index contributed by atoms with van der Waals surface area (Å²) < 4.78 is 5.61. The minimum Gasteiger partial charge on any atom is -0.481 e. The molecule has 0 spiro atoms. The van der Waals surface area contributed by atoms with Crippen LogP contribution in [-0.4, -0.2) is 17.8 Å². The van der Waals surface area contributed by atoms with Gasteiger partial charge in [-0.2, -0.15) is 0 Å². The summed E-state index contributed by atoms with van der Waals surface area (Å²) in [5.74, 6) is 0.398. The molecule has 4 nitrogen and oxygen atoms in total. The van der Waals surface area contributed by atoms with Gasteiger partial charge in [0.15, 0.2) is 11.9 Å². The SMILES string of the molecule is CC(=O)c1ccc(O[C@@H](C)C(=O)N[C@@H](C)c2cccs2)cc1. The van der Waals surface area contributed by atoms with E-state index >= 15 is 0 Å². The van der Waals surface area contributed by atoms with Crippen molar-refractivity contribution in [2.75, 3.05) is 0 Å². The number of Topliss-reactive ketones (excluding diaryl/α,β-unsaturated/α-hetero) is 1. The third-order valence-corrected chi connectivity index (χ3v) is 4.33. The number of ether oxygens (including phenoxy) is 1. The molecule has 0 radical (unpaired) electrons. The summed E-state index contributed by atoms with van der Waals surface area (Å²) in [4.78, 5) is 24.5. The van der Waals surface area contributed by atoms with Crippen LogP contribution < -0.4 is 10.1 Å². The van der Waals surface area contributed by atoms with Crippen molar-refractivity contribution in [1.29, 1.82) is 0 Å². The van der Waals surface area contributed by atoms with Crippen LogP contribution in [0.1, 0.15) is 42.0 Å². The summed E-state index contributed by atoms with van der Waals surface area (Å²) in [5.41, 5.74) is 0.621. The van der Waals surface area contributed by atoms with Crippen molar-refractivity contribution in [3.8, 4) is 5.75 Å². The van der Waals surface area contributed by atoms with Gasteiger partial charge in [-0.05, 0) is 56.5 Å². The molecule has 1 N–H and O–H groups in total. The largest absolute Gasteiger partial charge is 0.481 e. The molecule has 0 aliphatic carbocycles. The molecule has 1 amide bonds. The number of thiophene rings is 1. The lowest BCUT2D eigenvalue weighted by molar-refractivity contribution is -0.127. The molecule has 0 fully saturated rings. The van der Waals surface area contributed by atoms with Crippen LogP contribution in [0, 0.1) is 0 Å². The number of carbonyl (C=O) groups is 2. The van der Waals surface area contributed by atoms with Crippen molar-refractivity contribution in [1.82, 2.24) is 5.32 Å². The monoisotopic (exact) mass is 317 g/mol. The Bertz CT molecular complexity index is 634. The summed E-state index contributed by atoms with van der Waals surface area (Å²) in [6.45, 7) is 5.16. The molecule has 2 atom stereocenters. The first kappa shape index (κ1) is 16.2. The van der Waals surface area contributed by atoms with E-state index in [2.05, 4.69) is 5.32 Å². The Kier molecular flexibility index (Phi) is 5.33. The Morgan fingerprint density at radius 2 is 1.82 bits per heavy atom. The molecule has 0 aliphatic heterocycles. The minimum atomic E-state index is -0.606. The van der Waals surface area contributed by atoms with Gasteiger partial charge in [-0.25, -0.2) is 0 Å².